The molecule has 1 saturated carbocycles. The predicted octanol–water partition coefficient (Wildman–Crippen LogP) is 3.00. The van der Waals surface area contributed by atoms with E-state index in [0.717, 1.165) is 43.7 Å². The maximum Gasteiger partial charge on any atom is 0.223 e. The summed E-state index contributed by atoms with van der Waals surface area (Å²) >= 11 is 0. The van der Waals surface area contributed by atoms with Gasteiger partial charge in [-0.15, -0.1) is 12.4 Å². The van der Waals surface area contributed by atoms with Crippen LogP contribution >= 0.6 is 12.4 Å². The molecule has 2 fully saturated rings. The maximum absolute atomic E-state index is 12.7. The van der Waals surface area contributed by atoms with E-state index >= 15 is 0 Å². The van der Waals surface area contributed by atoms with E-state index in [4.69, 9.17) is 4.74 Å². The van der Waals surface area contributed by atoms with Gasteiger partial charge >= 0.3 is 0 Å². The van der Waals surface area contributed by atoms with E-state index < -0.39 is 0 Å². The highest BCUT2D eigenvalue weighted by molar-refractivity contribution is 5.85. The zero-order valence-corrected chi connectivity index (χ0v) is 14.6. The minimum absolute atomic E-state index is 0. The quantitative estimate of drug-likeness (QED) is 0.831. The second kappa shape index (κ2) is 8.55. The molecule has 2 aliphatic rings. The lowest BCUT2D eigenvalue weighted by atomic mass is 10.0. The van der Waals surface area contributed by atoms with Crippen LogP contribution in [0.5, 0.6) is 5.75 Å². The largest absolute Gasteiger partial charge is 0.496 e. The molecule has 1 N–H and O–H groups in total. The first-order valence-electron chi connectivity index (χ1n) is 8.40. The van der Waals surface area contributed by atoms with Crippen LogP contribution in [-0.4, -0.2) is 37.0 Å². The summed E-state index contributed by atoms with van der Waals surface area (Å²) in [6.45, 7) is 2.85. The summed E-state index contributed by atoms with van der Waals surface area (Å²) in [6.07, 6.45) is 5.19. The highest BCUT2D eigenvalue weighted by Crippen LogP contribution is 2.31. The minimum Gasteiger partial charge on any atom is -0.496 e. The van der Waals surface area contributed by atoms with Crippen molar-refractivity contribution in [2.24, 2.45) is 5.92 Å². The van der Waals surface area contributed by atoms with E-state index in [9.17, 15) is 4.79 Å². The molecular formula is C18H27ClN2O2. The van der Waals surface area contributed by atoms with Crippen LogP contribution in [0.1, 0.15) is 37.7 Å². The van der Waals surface area contributed by atoms with Crippen LogP contribution in [0.4, 0.5) is 0 Å². The topological polar surface area (TPSA) is 41.6 Å². The number of benzene rings is 1. The number of amides is 1. The molecule has 1 unspecified atom stereocenters. The molecule has 1 heterocycles. The molecule has 1 saturated heterocycles. The third-order valence-corrected chi connectivity index (χ3v) is 4.77. The van der Waals surface area contributed by atoms with Crippen LogP contribution in [0.3, 0.4) is 0 Å². The van der Waals surface area contributed by atoms with Gasteiger partial charge in [-0.25, -0.2) is 0 Å². The van der Waals surface area contributed by atoms with Crippen LogP contribution in [0.15, 0.2) is 24.3 Å². The fourth-order valence-corrected chi connectivity index (χ4v) is 3.26. The Hall–Kier alpha value is -1.26. The molecule has 5 heteroatoms. The van der Waals surface area contributed by atoms with Gasteiger partial charge < -0.3 is 15.0 Å². The number of carbonyl (C=O) groups excluding carboxylic acids is 1. The van der Waals surface area contributed by atoms with Crippen molar-refractivity contribution in [3.63, 3.8) is 0 Å². The van der Waals surface area contributed by atoms with E-state index in [1.807, 2.05) is 18.2 Å². The van der Waals surface area contributed by atoms with Gasteiger partial charge in [-0.2, -0.15) is 0 Å². The summed E-state index contributed by atoms with van der Waals surface area (Å²) in [5.74, 6) is 1.86. The lowest BCUT2D eigenvalue weighted by molar-refractivity contribution is -0.132. The first-order valence-corrected chi connectivity index (χ1v) is 8.40. The Morgan fingerprint density at radius 1 is 1.30 bits per heavy atom. The third kappa shape index (κ3) is 4.85. The normalized spacial score (nSPS) is 20.0. The molecule has 1 aliphatic carbocycles. The standard InChI is InChI=1S/C18H26N2O2.ClH/c1-22-17-5-3-2-4-15(17)13-20(16-7-8-16)18(21)9-6-14-10-11-19-12-14;/h2-5,14,16,19H,6-13H2,1H3;1H. The van der Waals surface area contributed by atoms with Crippen molar-refractivity contribution in [2.45, 2.75) is 44.7 Å². The summed E-state index contributed by atoms with van der Waals surface area (Å²) in [6, 6.07) is 8.45. The molecule has 128 valence electrons. The Morgan fingerprint density at radius 2 is 2.09 bits per heavy atom. The first-order chi connectivity index (χ1) is 10.8. The van der Waals surface area contributed by atoms with E-state index in [1.54, 1.807) is 7.11 Å². The second-order valence-electron chi connectivity index (χ2n) is 6.46. The molecular weight excluding hydrogens is 312 g/mol. The van der Waals surface area contributed by atoms with Gasteiger partial charge in [0.1, 0.15) is 5.75 Å². The van der Waals surface area contributed by atoms with E-state index in [1.165, 1.54) is 6.42 Å². The molecule has 0 spiro atoms. The van der Waals surface area contributed by atoms with Crippen molar-refractivity contribution in [1.29, 1.82) is 0 Å². The van der Waals surface area contributed by atoms with E-state index in [0.29, 0.717) is 30.8 Å². The van der Waals surface area contributed by atoms with Crippen LogP contribution in [0.2, 0.25) is 0 Å². The highest BCUT2D eigenvalue weighted by atomic mass is 35.5. The third-order valence-electron chi connectivity index (χ3n) is 4.77. The van der Waals surface area contributed by atoms with Gasteiger partial charge in [0.2, 0.25) is 5.91 Å². The van der Waals surface area contributed by atoms with Gasteiger partial charge in [0, 0.05) is 24.6 Å². The van der Waals surface area contributed by atoms with Gasteiger partial charge in [0.25, 0.3) is 0 Å². The summed E-state index contributed by atoms with van der Waals surface area (Å²) in [5, 5.41) is 3.37. The van der Waals surface area contributed by atoms with Crippen molar-refractivity contribution in [2.75, 3.05) is 20.2 Å². The smallest absolute Gasteiger partial charge is 0.223 e. The van der Waals surface area contributed by atoms with Gasteiger partial charge in [-0.05, 0) is 50.8 Å². The SMILES string of the molecule is COc1ccccc1CN(C(=O)CCC1CCNC1)C1CC1.Cl. The van der Waals surface area contributed by atoms with Crippen LogP contribution < -0.4 is 10.1 Å². The number of nitrogens with zero attached hydrogens (tertiary/aromatic N) is 1. The van der Waals surface area contributed by atoms with Crippen molar-refractivity contribution in [3.8, 4) is 5.75 Å². The maximum atomic E-state index is 12.7. The predicted molar refractivity (Wildman–Crippen MR) is 94.0 cm³/mol. The van der Waals surface area contributed by atoms with Crippen molar-refractivity contribution >= 4 is 18.3 Å². The molecule has 3 rings (SSSR count). The molecule has 0 aromatic heterocycles. The van der Waals surface area contributed by atoms with Crippen LogP contribution in [0.25, 0.3) is 0 Å². The Balaban J connectivity index is 0.00000192. The zero-order valence-electron chi connectivity index (χ0n) is 13.8. The van der Waals surface area contributed by atoms with E-state index in [2.05, 4.69) is 16.3 Å². The Bertz CT molecular complexity index is 513. The fraction of sp³-hybridized carbons (Fsp3) is 0.611. The van der Waals surface area contributed by atoms with Crippen LogP contribution in [0, 0.1) is 5.92 Å². The van der Waals surface area contributed by atoms with Crippen LogP contribution in [-0.2, 0) is 11.3 Å². The number of hydrogen-bond donors (Lipinski definition) is 1. The lowest BCUT2D eigenvalue weighted by Crippen LogP contribution is -2.33. The highest BCUT2D eigenvalue weighted by Gasteiger charge is 2.33. The van der Waals surface area contributed by atoms with Crippen molar-refractivity contribution in [3.05, 3.63) is 29.8 Å². The summed E-state index contributed by atoms with van der Waals surface area (Å²) in [7, 11) is 1.69. The monoisotopic (exact) mass is 338 g/mol. The van der Waals surface area contributed by atoms with E-state index in [-0.39, 0.29) is 12.4 Å². The average Bonchev–Trinajstić information content (AvgIpc) is 3.25. The number of ether oxygens (including phenoxy) is 1. The van der Waals surface area contributed by atoms with Gasteiger partial charge in [-0.1, -0.05) is 18.2 Å². The summed E-state index contributed by atoms with van der Waals surface area (Å²) in [5.41, 5.74) is 1.10. The average molecular weight is 339 g/mol. The molecule has 1 amide bonds. The summed E-state index contributed by atoms with van der Waals surface area (Å²) in [4.78, 5) is 14.7. The van der Waals surface area contributed by atoms with Crippen molar-refractivity contribution < 1.29 is 9.53 Å². The number of rotatable bonds is 7. The Kier molecular flexibility index (Phi) is 6.72. The molecule has 23 heavy (non-hydrogen) atoms. The van der Waals surface area contributed by atoms with Gasteiger partial charge in [-0.3, -0.25) is 4.79 Å². The van der Waals surface area contributed by atoms with Gasteiger partial charge in [0.05, 0.1) is 7.11 Å². The molecule has 1 aromatic rings. The number of halogens is 1. The first kappa shape index (κ1) is 18.1. The molecule has 4 nitrogen and oxygen atoms in total. The van der Waals surface area contributed by atoms with Crippen molar-refractivity contribution in [1.82, 2.24) is 10.2 Å². The molecule has 0 radical (unpaired) electrons. The number of hydrogen-bond acceptors (Lipinski definition) is 3. The Morgan fingerprint density at radius 3 is 2.74 bits per heavy atom. The second-order valence-corrected chi connectivity index (χ2v) is 6.46. The number of para-hydroxylation sites is 1. The summed E-state index contributed by atoms with van der Waals surface area (Å²) < 4.78 is 5.42. The fourth-order valence-electron chi connectivity index (χ4n) is 3.26. The molecule has 1 aliphatic heterocycles. The minimum atomic E-state index is 0. The number of methoxy groups -OCH3 is 1. The number of carbonyl (C=O) groups is 1. The molecule has 1 atom stereocenters. The lowest BCUT2D eigenvalue weighted by Gasteiger charge is -2.24. The molecule has 0 bridgehead atoms. The van der Waals surface area contributed by atoms with Gasteiger partial charge in [0.15, 0.2) is 0 Å². The zero-order chi connectivity index (χ0) is 15.4. The number of nitrogens with one attached hydrogen (secondary N) is 1. The Labute approximate surface area is 145 Å². The molecule has 1 aromatic carbocycles.